The van der Waals surface area contributed by atoms with Gasteiger partial charge in [-0.3, -0.25) is 0 Å². The van der Waals surface area contributed by atoms with E-state index in [2.05, 4.69) is 5.16 Å². The van der Waals surface area contributed by atoms with Gasteiger partial charge in [0.25, 0.3) is 0 Å². The fourth-order valence-electron chi connectivity index (χ4n) is 2.20. The van der Waals surface area contributed by atoms with Gasteiger partial charge in [-0.05, 0) is 30.3 Å². The lowest BCUT2D eigenvalue weighted by Gasteiger charge is -2.04. The zero-order valence-electron chi connectivity index (χ0n) is 11.2. The first-order valence-electron chi connectivity index (χ1n) is 6.41. The Morgan fingerprint density at radius 3 is 2.50 bits per heavy atom. The molecule has 1 N–H and O–H groups in total. The SMILES string of the molecule is OCc1c(-c2cc(F)ccc2Cl)noc1-c1ccccc1Cl. The summed E-state index contributed by atoms with van der Waals surface area (Å²) in [4.78, 5) is 0. The molecule has 0 unspecified atom stereocenters. The number of aromatic nitrogens is 1. The third-order valence-electron chi connectivity index (χ3n) is 3.25. The van der Waals surface area contributed by atoms with E-state index in [9.17, 15) is 9.50 Å². The van der Waals surface area contributed by atoms with E-state index in [1.165, 1.54) is 18.2 Å². The van der Waals surface area contributed by atoms with Crippen molar-refractivity contribution in [2.45, 2.75) is 6.61 Å². The highest BCUT2D eigenvalue weighted by atomic mass is 35.5. The molecule has 0 spiro atoms. The number of rotatable bonds is 3. The first-order valence-corrected chi connectivity index (χ1v) is 7.17. The van der Waals surface area contributed by atoms with Gasteiger partial charge in [-0.1, -0.05) is 40.5 Å². The molecule has 3 aromatic rings. The molecular formula is C16H10Cl2FNO2. The Kier molecular flexibility index (Phi) is 4.16. The summed E-state index contributed by atoms with van der Waals surface area (Å²) in [6, 6.07) is 11.0. The lowest BCUT2D eigenvalue weighted by Crippen LogP contribution is -1.91. The lowest BCUT2D eigenvalue weighted by molar-refractivity contribution is 0.281. The summed E-state index contributed by atoms with van der Waals surface area (Å²) in [6.45, 7) is -0.341. The molecule has 0 atom stereocenters. The smallest absolute Gasteiger partial charge is 0.174 e. The van der Waals surface area contributed by atoms with E-state index in [1.807, 2.05) is 0 Å². The van der Waals surface area contributed by atoms with Crippen molar-refractivity contribution in [1.82, 2.24) is 5.16 Å². The van der Waals surface area contributed by atoms with Gasteiger partial charge in [0.1, 0.15) is 11.5 Å². The van der Waals surface area contributed by atoms with Crippen molar-refractivity contribution in [3.63, 3.8) is 0 Å². The van der Waals surface area contributed by atoms with Gasteiger partial charge >= 0.3 is 0 Å². The third-order valence-corrected chi connectivity index (χ3v) is 3.91. The summed E-state index contributed by atoms with van der Waals surface area (Å²) in [7, 11) is 0. The summed E-state index contributed by atoms with van der Waals surface area (Å²) < 4.78 is 18.8. The van der Waals surface area contributed by atoms with Gasteiger partial charge in [-0.25, -0.2) is 4.39 Å². The predicted octanol–water partition coefficient (Wildman–Crippen LogP) is 4.95. The van der Waals surface area contributed by atoms with Crippen LogP contribution in [0.4, 0.5) is 4.39 Å². The highest BCUT2D eigenvalue weighted by molar-refractivity contribution is 6.33. The number of benzene rings is 2. The van der Waals surface area contributed by atoms with Crippen LogP contribution in [0.25, 0.3) is 22.6 Å². The van der Waals surface area contributed by atoms with Crippen LogP contribution in [-0.4, -0.2) is 10.3 Å². The maximum absolute atomic E-state index is 13.5. The molecule has 0 amide bonds. The molecule has 6 heteroatoms. The number of hydrogen-bond donors (Lipinski definition) is 1. The Morgan fingerprint density at radius 1 is 1.05 bits per heavy atom. The molecule has 0 saturated carbocycles. The molecule has 0 radical (unpaired) electrons. The average molecular weight is 338 g/mol. The quantitative estimate of drug-likeness (QED) is 0.735. The van der Waals surface area contributed by atoms with Crippen LogP contribution < -0.4 is 0 Å². The van der Waals surface area contributed by atoms with E-state index < -0.39 is 5.82 Å². The zero-order valence-corrected chi connectivity index (χ0v) is 12.7. The molecule has 22 heavy (non-hydrogen) atoms. The number of halogens is 3. The summed E-state index contributed by atoms with van der Waals surface area (Å²) in [5.74, 6) is -0.117. The molecular weight excluding hydrogens is 328 g/mol. The van der Waals surface area contributed by atoms with Crippen molar-refractivity contribution in [3.8, 4) is 22.6 Å². The predicted molar refractivity (Wildman–Crippen MR) is 83.3 cm³/mol. The Morgan fingerprint density at radius 2 is 1.77 bits per heavy atom. The van der Waals surface area contributed by atoms with Crippen LogP contribution in [0.5, 0.6) is 0 Å². The van der Waals surface area contributed by atoms with E-state index in [1.54, 1.807) is 24.3 Å². The summed E-state index contributed by atoms with van der Waals surface area (Å²) in [5, 5.41) is 14.4. The van der Waals surface area contributed by atoms with Gasteiger partial charge in [0.05, 0.1) is 22.2 Å². The molecule has 0 saturated heterocycles. The maximum Gasteiger partial charge on any atom is 0.174 e. The fraction of sp³-hybridized carbons (Fsp3) is 0.0625. The van der Waals surface area contributed by atoms with E-state index >= 15 is 0 Å². The summed E-state index contributed by atoms with van der Waals surface area (Å²) >= 11 is 12.2. The van der Waals surface area contributed by atoms with Gasteiger partial charge in [-0.2, -0.15) is 0 Å². The second kappa shape index (κ2) is 6.08. The van der Waals surface area contributed by atoms with Gasteiger partial charge in [0.2, 0.25) is 0 Å². The van der Waals surface area contributed by atoms with Crippen LogP contribution >= 0.6 is 23.2 Å². The van der Waals surface area contributed by atoms with Crippen LogP contribution in [-0.2, 0) is 6.61 Å². The van der Waals surface area contributed by atoms with Crippen molar-refractivity contribution in [2.75, 3.05) is 0 Å². The zero-order chi connectivity index (χ0) is 15.7. The van der Waals surface area contributed by atoms with E-state index in [0.29, 0.717) is 38.2 Å². The number of aliphatic hydroxyl groups is 1. The fourth-order valence-corrected chi connectivity index (χ4v) is 2.63. The van der Waals surface area contributed by atoms with Gasteiger partial charge in [0, 0.05) is 11.1 Å². The van der Waals surface area contributed by atoms with Gasteiger partial charge in [-0.15, -0.1) is 0 Å². The van der Waals surface area contributed by atoms with Crippen LogP contribution in [0.1, 0.15) is 5.56 Å². The Balaban J connectivity index is 2.20. The maximum atomic E-state index is 13.5. The molecule has 0 fully saturated rings. The summed E-state index contributed by atoms with van der Waals surface area (Å²) in [6.07, 6.45) is 0. The first-order chi connectivity index (χ1) is 10.6. The highest BCUT2D eigenvalue weighted by Gasteiger charge is 2.21. The van der Waals surface area contributed by atoms with Crippen LogP contribution in [0.3, 0.4) is 0 Å². The van der Waals surface area contributed by atoms with Gasteiger partial charge in [0.15, 0.2) is 5.76 Å². The first kappa shape index (κ1) is 15.0. The van der Waals surface area contributed by atoms with Crippen LogP contribution in [0.2, 0.25) is 10.0 Å². The number of nitrogens with zero attached hydrogens (tertiary/aromatic N) is 1. The Labute approximate surface area is 135 Å². The lowest BCUT2D eigenvalue weighted by atomic mass is 10.0. The van der Waals surface area contributed by atoms with Crippen LogP contribution in [0, 0.1) is 5.82 Å². The average Bonchev–Trinajstić information content (AvgIpc) is 2.93. The molecule has 0 aliphatic heterocycles. The van der Waals surface area contributed by atoms with E-state index in [-0.39, 0.29) is 6.61 Å². The van der Waals surface area contributed by atoms with Crippen molar-refractivity contribution in [1.29, 1.82) is 0 Å². The van der Waals surface area contributed by atoms with E-state index in [0.717, 1.165) is 0 Å². The van der Waals surface area contributed by atoms with Crippen molar-refractivity contribution < 1.29 is 14.0 Å². The molecule has 3 rings (SSSR count). The standard InChI is InChI=1S/C16H10Cl2FNO2/c17-13-4-2-1-3-10(13)16-12(8-21)15(20-22-16)11-7-9(19)5-6-14(11)18/h1-7,21H,8H2. The Bertz CT molecular complexity index is 833. The molecule has 0 aliphatic carbocycles. The summed E-state index contributed by atoms with van der Waals surface area (Å²) in [5.41, 5.74) is 1.65. The molecule has 1 heterocycles. The number of aliphatic hydroxyl groups excluding tert-OH is 1. The molecule has 0 aliphatic rings. The number of hydrogen-bond acceptors (Lipinski definition) is 3. The largest absolute Gasteiger partial charge is 0.391 e. The van der Waals surface area contributed by atoms with Crippen molar-refractivity contribution in [3.05, 3.63) is 63.9 Å². The van der Waals surface area contributed by atoms with Gasteiger partial charge < -0.3 is 9.63 Å². The molecule has 1 aromatic heterocycles. The minimum Gasteiger partial charge on any atom is -0.391 e. The highest BCUT2D eigenvalue weighted by Crippen LogP contribution is 2.38. The molecule has 2 aromatic carbocycles. The minimum atomic E-state index is -0.453. The minimum absolute atomic E-state index is 0.293. The van der Waals surface area contributed by atoms with Crippen molar-refractivity contribution in [2.24, 2.45) is 0 Å². The van der Waals surface area contributed by atoms with Crippen molar-refractivity contribution >= 4 is 23.2 Å². The monoisotopic (exact) mass is 337 g/mol. The molecule has 112 valence electrons. The normalized spacial score (nSPS) is 10.9. The van der Waals surface area contributed by atoms with E-state index in [4.69, 9.17) is 27.7 Å². The third kappa shape index (κ3) is 2.61. The van der Waals surface area contributed by atoms with Crippen LogP contribution in [0.15, 0.2) is 47.0 Å². The molecule has 0 bridgehead atoms. The molecule has 3 nitrogen and oxygen atoms in total. The second-order valence-corrected chi connectivity index (χ2v) is 5.42. The second-order valence-electron chi connectivity index (χ2n) is 4.60. The topological polar surface area (TPSA) is 46.3 Å². The Hall–Kier alpha value is -1.88.